The van der Waals surface area contributed by atoms with E-state index in [0.29, 0.717) is 0 Å². The second kappa shape index (κ2) is 5.25. The quantitative estimate of drug-likeness (QED) is 0.621. The highest BCUT2D eigenvalue weighted by molar-refractivity contribution is 5.69. The number of carboxylic acid groups (broad SMARTS) is 1. The first-order valence-electron chi connectivity index (χ1n) is 5.77. The molecule has 0 amide bonds. The molecular formula is C11H18N4O4. The number of anilines is 1. The maximum atomic E-state index is 10.9. The summed E-state index contributed by atoms with van der Waals surface area (Å²) in [4.78, 5) is 21.2. The van der Waals surface area contributed by atoms with Gasteiger partial charge in [0.05, 0.1) is 11.3 Å². The number of rotatable bonds is 5. The Morgan fingerprint density at radius 1 is 1.63 bits per heavy atom. The molecule has 1 unspecified atom stereocenters. The Morgan fingerprint density at radius 3 is 2.63 bits per heavy atom. The number of carbonyl (C=O) groups is 1. The van der Waals surface area contributed by atoms with Gasteiger partial charge in [-0.15, -0.1) is 5.10 Å². The number of hydrogen-bond acceptors (Lipinski definition) is 5. The summed E-state index contributed by atoms with van der Waals surface area (Å²) in [5.41, 5.74) is -0.536. The Labute approximate surface area is 110 Å². The molecule has 106 valence electrons. The Kier molecular flexibility index (Phi) is 4.13. The summed E-state index contributed by atoms with van der Waals surface area (Å²) in [6.07, 6.45) is 1.14. The van der Waals surface area contributed by atoms with Gasteiger partial charge in [-0.2, -0.15) is 0 Å². The van der Waals surface area contributed by atoms with E-state index in [2.05, 4.69) is 10.4 Å². The van der Waals surface area contributed by atoms with E-state index in [9.17, 15) is 14.9 Å². The molecule has 1 heterocycles. The third-order valence-electron chi connectivity index (χ3n) is 2.74. The Morgan fingerprint density at radius 2 is 2.21 bits per heavy atom. The van der Waals surface area contributed by atoms with Crippen molar-refractivity contribution in [3.8, 4) is 0 Å². The van der Waals surface area contributed by atoms with Crippen LogP contribution in [-0.4, -0.2) is 31.8 Å². The molecule has 8 nitrogen and oxygen atoms in total. The molecule has 8 heteroatoms. The number of aliphatic carboxylic acids is 1. The van der Waals surface area contributed by atoms with E-state index in [1.807, 2.05) is 20.8 Å². The van der Waals surface area contributed by atoms with Gasteiger partial charge >= 0.3 is 11.7 Å². The Bertz CT molecular complexity index is 489. The van der Waals surface area contributed by atoms with E-state index in [-0.39, 0.29) is 23.3 Å². The fourth-order valence-corrected chi connectivity index (χ4v) is 1.63. The van der Waals surface area contributed by atoms with E-state index in [4.69, 9.17) is 5.11 Å². The number of hydrogen-bond donors (Lipinski definition) is 2. The van der Waals surface area contributed by atoms with Crippen LogP contribution in [0.25, 0.3) is 0 Å². The van der Waals surface area contributed by atoms with Gasteiger partial charge < -0.3 is 10.4 Å². The number of carboxylic acids is 1. The highest BCUT2D eigenvalue weighted by Gasteiger charge is 2.30. The molecular weight excluding hydrogens is 252 g/mol. The molecule has 19 heavy (non-hydrogen) atoms. The molecule has 0 saturated heterocycles. The summed E-state index contributed by atoms with van der Waals surface area (Å²) in [6.45, 7) is 5.59. The van der Waals surface area contributed by atoms with Crippen LogP contribution in [0.1, 0.15) is 27.2 Å². The molecule has 0 aromatic carbocycles. The lowest BCUT2D eigenvalue weighted by molar-refractivity contribution is -0.384. The molecule has 2 N–H and O–H groups in total. The van der Waals surface area contributed by atoms with Crippen LogP contribution in [-0.2, 0) is 11.8 Å². The molecule has 1 aromatic heterocycles. The van der Waals surface area contributed by atoms with E-state index < -0.39 is 16.9 Å². The van der Waals surface area contributed by atoms with Crippen LogP contribution in [0.2, 0.25) is 0 Å². The standard InChI is InChI=1S/C11H18N4O4/c1-11(2,3)8(5-9(16)17)12-10-7(15(18)19)6-14(4)13-10/h6,8H,5H2,1-4H3,(H,12,13)(H,16,17). The fourth-order valence-electron chi connectivity index (χ4n) is 1.63. The maximum absolute atomic E-state index is 10.9. The number of nitrogens with zero attached hydrogens (tertiary/aromatic N) is 3. The first-order chi connectivity index (χ1) is 8.61. The monoisotopic (exact) mass is 270 g/mol. The predicted octanol–water partition coefficient (Wildman–Crippen LogP) is 1.63. The van der Waals surface area contributed by atoms with Gasteiger partial charge in [-0.05, 0) is 5.41 Å². The highest BCUT2D eigenvalue weighted by Crippen LogP contribution is 2.29. The average molecular weight is 270 g/mol. The number of nitrogens with one attached hydrogen (secondary N) is 1. The van der Waals surface area contributed by atoms with Crippen LogP contribution < -0.4 is 5.32 Å². The molecule has 0 radical (unpaired) electrons. The van der Waals surface area contributed by atoms with Crippen molar-refractivity contribution in [2.24, 2.45) is 12.5 Å². The summed E-state index contributed by atoms with van der Waals surface area (Å²) in [5.74, 6) is -0.875. The lowest BCUT2D eigenvalue weighted by Crippen LogP contribution is -2.36. The Balaban J connectivity index is 3.02. The smallest absolute Gasteiger partial charge is 0.330 e. The second-order valence-electron chi connectivity index (χ2n) is 5.45. The van der Waals surface area contributed by atoms with Crippen molar-refractivity contribution in [3.63, 3.8) is 0 Å². The van der Waals surface area contributed by atoms with Gasteiger partial charge in [0, 0.05) is 13.1 Å². The first-order valence-corrected chi connectivity index (χ1v) is 5.77. The van der Waals surface area contributed by atoms with Crippen molar-refractivity contribution >= 4 is 17.5 Å². The van der Waals surface area contributed by atoms with Crippen molar-refractivity contribution in [3.05, 3.63) is 16.3 Å². The van der Waals surface area contributed by atoms with Crippen LogP contribution in [0.15, 0.2) is 6.20 Å². The van der Waals surface area contributed by atoms with E-state index in [1.165, 1.54) is 10.9 Å². The van der Waals surface area contributed by atoms with Crippen LogP contribution >= 0.6 is 0 Å². The van der Waals surface area contributed by atoms with Crippen LogP contribution in [0, 0.1) is 15.5 Å². The van der Waals surface area contributed by atoms with Gasteiger partial charge in [-0.1, -0.05) is 20.8 Å². The summed E-state index contributed by atoms with van der Waals surface area (Å²) >= 11 is 0. The molecule has 0 aliphatic carbocycles. The third kappa shape index (κ3) is 3.94. The molecule has 1 rings (SSSR count). The van der Waals surface area contributed by atoms with Crippen LogP contribution in [0.5, 0.6) is 0 Å². The molecule has 1 atom stereocenters. The Hall–Kier alpha value is -2.12. The van der Waals surface area contributed by atoms with Gasteiger partial charge in [-0.25, -0.2) is 0 Å². The molecule has 0 saturated carbocycles. The molecule has 0 bridgehead atoms. The molecule has 0 spiro atoms. The second-order valence-corrected chi connectivity index (χ2v) is 5.45. The van der Waals surface area contributed by atoms with Gasteiger partial charge in [0.15, 0.2) is 0 Å². The van der Waals surface area contributed by atoms with E-state index >= 15 is 0 Å². The maximum Gasteiger partial charge on any atom is 0.330 e. The van der Waals surface area contributed by atoms with Gasteiger partial charge in [-0.3, -0.25) is 19.6 Å². The van der Waals surface area contributed by atoms with Crippen molar-refractivity contribution in [2.75, 3.05) is 5.32 Å². The first kappa shape index (κ1) is 14.9. The minimum Gasteiger partial charge on any atom is -0.481 e. The van der Waals surface area contributed by atoms with E-state index in [0.717, 1.165) is 0 Å². The van der Waals surface area contributed by atoms with Gasteiger partial charge in [0.2, 0.25) is 5.82 Å². The third-order valence-corrected chi connectivity index (χ3v) is 2.74. The number of aryl methyl sites for hydroxylation is 1. The molecule has 0 fully saturated rings. The van der Waals surface area contributed by atoms with Crippen molar-refractivity contribution in [1.29, 1.82) is 0 Å². The van der Waals surface area contributed by atoms with Crippen LogP contribution in [0.3, 0.4) is 0 Å². The van der Waals surface area contributed by atoms with Crippen molar-refractivity contribution < 1.29 is 14.8 Å². The zero-order valence-corrected chi connectivity index (χ0v) is 11.4. The van der Waals surface area contributed by atoms with Crippen LogP contribution in [0.4, 0.5) is 11.5 Å². The zero-order chi connectivity index (χ0) is 14.8. The fraction of sp³-hybridized carbons (Fsp3) is 0.636. The SMILES string of the molecule is Cn1cc([N+](=O)[O-])c(NC(CC(=O)O)C(C)(C)C)n1. The lowest BCUT2D eigenvalue weighted by Gasteiger charge is -2.30. The summed E-state index contributed by atoms with van der Waals surface area (Å²) in [7, 11) is 1.57. The highest BCUT2D eigenvalue weighted by atomic mass is 16.6. The minimum atomic E-state index is -0.967. The lowest BCUT2D eigenvalue weighted by atomic mass is 9.85. The van der Waals surface area contributed by atoms with E-state index in [1.54, 1.807) is 7.05 Å². The normalized spacial score (nSPS) is 13.1. The number of aromatic nitrogens is 2. The van der Waals surface area contributed by atoms with Crippen molar-refractivity contribution in [2.45, 2.75) is 33.2 Å². The number of nitro groups is 1. The summed E-state index contributed by atoms with van der Waals surface area (Å²) < 4.78 is 1.32. The van der Waals surface area contributed by atoms with Gasteiger partial charge in [0.1, 0.15) is 6.20 Å². The minimum absolute atomic E-state index is 0.0914. The van der Waals surface area contributed by atoms with Crippen molar-refractivity contribution in [1.82, 2.24) is 9.78 Å². The molecule has 0 aliphatic heterocycles. The summed E-state index contributed by atoms with van der Waals surface area (Å²) in [5, 5.41) is 26.6. The largest absolute Gasteiger partial charge is 0.481 e. The molecule has 0 aliphatic rings. The topological polar surface area (TPSA) is 110 Å². The van der Waals surface area contributed by atoms with Gasteiger partial charge in [0.25, 0.3) is 0 Å². The molecule has 1 aromatic rings. The predicted molar refractivity (Wildman–Crippen MR) is 69.0 cm³/mol. The summed E-state index contributed by atoms with van der Waals surface area (Å²) in [6, 6.07) is -0.460. The average Bonchev–Trinajstić information content (AvgIpc) is 2.56. The zero-order valence-electron chi connectivity index (χ0n) is 11.4.